The van der Waals surface area contributed by atoms with E-state index in [2.05, 4.69) is 27.2 Å². The van der Waals surface area contributed by atoms with Gasteiger partial charge in [0.05, 0.1) is 6.04 Å². The molecule has 3 aromatic heterocycles. The minimum Gasteiger partial charge on any atom is -0.382 e. The molecule has 162 valence electrons. The number of nitrogens with one attached hydrogen (secondary N) is 2. The first-order valence-electron chi connectivity index (χ1n) is 10.3. The van der Waals surface area contributed by atoms with Crippen LogP contribution in [0.4, 0.5) is 11.6 Å². The first kappa shape index (κ1) is 21.2. The summed E-state index contributed by atoms with van der Waals surface area (Å²) in [6, 6.07) is 12.7. The summed E-state index contributed by atoms with van der Waals surface area (Å²) in [6.45, 7) is 7.90. The van der Waals surface area contributed by atoms with Crippen molar-refractivity contribution in [2.45, 2.75) is 25.9 Å². The van der Waals surface area contributed by atoms with Crippen LogP contribution in [0.3, 0.4) is 0 Å². The number of imidazole rings is 1. The molecule has 0 fully saturated rings. The van der Waals surface area contributed by atoms with E-state index in [0.717, 1.165) is 16.9 Å². The number of carbonyl (C=O) groups excluding carboxylic acids is 1. The highest BCUT2D eigenvalue weighted by atomic mass is 16.1. The largest absolute Gasteiger partial charge is 0.382 e. The fourth-order valence-electron chi connectivity index (χ4n) is 3.54. The Balaban J connectivity index is 1.67. The quantitative estimate of drug-likeness (QED) is 0.387. The average Bonchev–Trinajstić information content (AvgIpc) is 3.21. The topological polar surface area (TPSA) is 110 Å². The van der Waals surface area contributed by atoms with Crippen molar-refractivity contribution in [3.63, 3.8) is 0 Å². The zero-order valence-electron chi connectivity index (χ0n) is 18.0. The number of hydrogen-bond donors (Lipinski definition) is 3. The third-order valence-electron chi connectivity index (χ3n) is 5.19. The average molecular weight is 428 g/mol. The van der Waals surface area contributed by atoms with Crippen molar-refractivity contribution in [1.82, 2.24) is 24.7 Å². The Morgan fingerprint density at radius 2 is 1.91 bits per heavy atom. The maximum Gasteiger partial charge on any atom is 0.256 e. The van der Waals surface area contributed by atoms with Crippen LogP contribution in [-0.2, 0) is 0 Å². The van der Waals surface area contributed by atoms with Gasteiger partial charge in [0, 0.05) is 35.8 Å². The van der Waals surface area contributed by atoms with Crippen molar-refractivity contribution in [2.24, 2.45) is 0 Å². The minimum atomic E-state index is -0.233. The van der Waals surface area contributed by atoms with Crippen LogP contribution in [0.15, 0.2) is 73.7 Å². The van der Waals surface area contributed by atoms with E-state index < -0.39 is 0 Å². The summed E-state index contributed by atoms with van der Waals surface area (Å²) in [7, 11) is 0. The molecular weight excluding hydrogens is 402 g/mol. The van der Waals surface area contributed by atoms with E-state index in [1.54, 1.807) is 36.7 Å². The number of nitrogen functional groups attached to an aromatic ring is 1. The van der Waals surface area contributed by atoms with Gasteiger partial charge in [-0.05, 0) is 38.1 Å². The second-order valence-electron chi connectivity index (χ2n) is 7.51. The Hall–Kier alpha value is -4.04. The zero-order valence-corrected chi connectivity index (χ0v) is 18.0. The van der Waals surface area contributed by atoms with Gasteiger partial charge in [0.25, 0.3) is 5.91 Å². The second-order valence-corrected chi connectivity index (χ2v) is 7.51. The molecule has 3 heterocycles. The van der Waals surface area contributed by atoms with Crippen LogP contribution in [0.1, 0.15) is 36.1 Å². The van der Waals surface area contributed by atoms with Gasteiger partial charge in [0.2, 0.25) is 0 Å². The Bertz CT molecular complexity index is 1250. The highest BCUT2D eigenvalue weighted by molar-refractivity contribution is 6.04. The van der Waals surface area contributed by atoms with E-state index in [1.807, 2.05) is 48.7 Å². The molecule has 0 bridgehead atoms. The van der Waals surface area contributed by atoms with Crippen molar-refractivity contribution in [3.8, 4) is 11.3 Å². The highest BCUT2D eigenvalue weighted by Crippen LogP contribution is 2.30. The molecule has 8 nitrogen and oxygen atoms in total. The van der Waals surface area contributed by atoms with Crippen molar-refractivity contribution in [1.29, 1.82) is 0 Å². The first-order valence-corrected chi connectivity index (χ1v) is 10.3. The summed E-state index contributed by atoms with van der Waals surface area (Å²) in [6.07, 6.45) is 6.98. The number of aromatic nitrogens is 4. The molecule has 0 aliphatic carbocycles. The van der Waals surface area contributed by atoms with E-state index >= 15 is 0 Å². The lowest BCUT2D eigenvalue weighted by Gasteiger charge is -2.16. The number of carbonyl (C=O) groups is 1. The molecule has 4 aromatic rings. The SMILES string of the molecule is C=CC(C)N[C@@H](C)c1nc(-c2ccc(C(=O)Nc3ccccn3)cc2)c2c(N)nccn12. The third-order valence-corrected chi connectivity index (χ3v) is 5.19. The van der Waals surface area contributed by atoms with E-state index in [-0.39, 0.29) is 18.0 Å². The van der Waals surface area contributed by atoms with E-state index in [1.165, 1.54) is 0 Å². The third kappa shape index (κ3) is 4.21. The number of rotatable bonds is 7. The molecule has 2 atom stereocenters. The number of benzene rings is 1. The molecule has 0 aliphatic heterocycles. The Kier molecular flexibility index (Phi) is 5.96. The van der Waals surface area contributed by atoms with E-state index in [4.69, 9.17) is 10.7 Å². The van der Waals surface area contributed by atoms with Gasteiger partial charge in [-0.1, -0.05) is 24.3 Å². The standard InChI is InChI=1S/C24H25N7O/c1-4-15(2)28-16(3)23-30-20(21-22(25)27-13-14-31(21)23)17-8-10-18(11-9-17)24(32)29-19-7-5-6-12-26-19/h4-16,28H,1H2,2-3H3,(H2,25,27)(H,26,29,32)/t15?,16-/m0/s1. The Labute approximate surface area is 186 Å². The van der Waals surface area contributed by atoms with Crippen LogP contribution in [0.25, 0.3) is 16.8 Å². The summed E-state index contributed by atoms with van der Waals surface area (Å²) in [5.41, 5.74) is 9.02. The molecule has 1 unspecified atom stereocenters. The van der Waals surface area contributed by atoms with Crippen molar-refractivity contribution in [2.75, 3.05) is 11.1 Å². The van der Waals surface area contributed by atoms with E-state index in [9.17, 15) is 4.79 Å². The Morgan fingerprint density at radius 1 is 1.12 bits per heavy atom. The monoisotopic (exact) mass is 427 g/mol. The van der Waals surface area contributed by atoms with Crippen LogP contribution >= 0.6 is 0 Å². The molecular formula is C24H25N7O. The summed E-state index contributed by atoms with van der Waals surface area (Å²) < 4.78 is 1.95. The van der Waals surface area contributed by atoms with Gasteiger partial charge in [-0.15, -0.1) is 6.58 Å². The maximum absolute atomic E-state index is 12.5. The minimum absolute atomic E-state index is 0.0468. The van der Waals surface area contributed by atoms with Crippen LogP contribution in [-0.4, -0.2) is 31.3 Å². The van der Waals surface area contributed by atoms with Gasteiger partial charge < -0.3 is 16.4 Å². The molecule has 4 N–H and O–H groups in total. The number of fused-ring (bicyclic) bond motifs is 1. The van der Waals surface area contributed by atoms with Crippen LogP contribution in [0.2, 0.25) is 0 Å². The number of hydrogen-bond acceptors (Lipinski definition) is 6. The summed E-state index contributed by atoms with van der Waals surface area (Å²) in [5, 5.41) is 6.23. The number of anilines is 2. The Morgan fingerprint density at radius 3 is 2.59 bits per heavy atom. The zero-order chi connectivity index (χ0) is 22.7. The van der Waals surface area contributed by atoms with E-state index in [0.29, 0.717) is 22.9 Å². The lowest BCUT2D eigenvalue weighted by atomic mass is 10.1. The molecule has 0 radical (unpaired) electrons. The van der Waals surface area contributed by atoms with Gasteiger partial charge in [-0.2, -0.15) is 0 Å². The van der Waals surface area contributed by atoms with Gasteiger partial charge in [0.1, 0.15) is 28.7 Å². The van der Waals surface area contributed by atoms with Gasteiger partial charge >= 0.3 is 0 Å². The molecule has 32 heavy (non-hydrogen) atoms. The molecule has 1 aromatic carbocycles. The predicted molar refractivity (Wildman–Crippen MR) is 126 cm³/mol. The lowest BCUT2D eigenvalue weighted by Crippen LogP contribution is -2.28. The van der Waals surface area contributed by atoms with Crippen molar-refractivity contribution >= 4 is 23.1 Å². The summed E-state index contributed by atoms with van der Waals surface area (Å²) in [5.74, 6) is 1.47. The molecule has 1 amide bonds. The normalized spacial score (nSPS) is 12.9. The molecule has 0 saturated heterocycles. The second kappa shape index (κ2) is 8.99. The van der Waals surface area contributed by atoms with Gasteiger partial charge in [-0.25, -0.2) is 15.0 Å². The first-order chi connectivity index (χ1) is 15.5. The van der Waals surface area contributed by atoms with Crippen molar-refractivity contribution < 1.29 is 4.79 Å². The number of nitrogens with zero attached hydrogens (tertiary/aromatic N) is 4. The van der Waals surface area contributed by atoms with Crippen LogP contribution in [0, 0.1) is 0 Å². The van der Waals surface area contributed by atoms with Crippen molar-refractivity contribution in [3.05, 3.63) is 85.1 Å². The number of nitrogens with two attached hydrogens (primary N) is 1. The van der Waals surface area contributed by atoms with Gasteiger partial charge in [0.15, 0.2) is 0 Å². The molecule has 4 rings (SSSR count). The molecule has 8 heteroatoms. The number of pyridine rings is 1. The number of amides is 1. The predicted octanol–water partition coefficient (Wildman–Crippen LogP) is 3.85. The molecule has 0 saturated carbocycles. The maximum atomic E-state index is 12.5. The smallest absolute Gasteiger partial charge is 0.256 e. The summed E-state index contributed by atoms with van der Waals surface area (Å²) in [4.78, 5) is 25.8. The molecule has 0 aliphatic rings. The molecule has 0 spiro atoms. The van der Waals surface area contributed by atoms with Crippen LogP contribution in [0.5, 0.6) is 0 Å². The summed E-state index contributed by atoms with van der Waals surface area (Å²) >= 11 is 0. The van der Waals surface area contributed by atoms with Gasteiger partial charge in [-0.3, -0.25) is 9.20 Å². The fourth-order valence-corrected chi connectivity index (χ4v) is 3.54. The fraction of sp³-hybridized carbons (Fsp3) is 0.167. The van der Waals surface area contributed by atoms with Crippen LogP contribution < -0.4 is 16.4 Å². The lowest BCUT2D eigenvalue weighted by molar-refractivity contribution is 0.102. The highest BCUT2D eigenvalue weighted by Gasteiger charge is 2.20.